The Bertz CT molecular complexity index is 575. The van der Waals surface area contributed by atoms with Gasteiger partial charge in [0, 0.05) is 45.9 Å². The second-order valence-electron chi connectivity index (χ2n) is 6.33. The van der Waals surface area contributed by atoms with Crippen LogP contribution in [0, 0.1) is 5.82 Å². The second-order valence-corrected chi connectivity index (χ2v) is 7.13. The Labute approximate surface area is 152 Å². The van der Waals surface area contributed by atoms with Gasteiger partial charge in [-0.2, -0.15) is 0 Å². The van der Waals surface area contributed by atoms with Crippen molar-refractivity contribution in [3.05, 3.63) is 34.6 Å². The maximum absolute atomic E-state index is 13.2. The molecule has 3 rings (SSSR count). The molecular weight excluding hydrogens is 349 g/mol. The summed E-state index contributed by atoms with van der Waals surface area (Å²) in [6.45, 7) is 6.09. The molecule has 1 N–H and O–H groups in total. The first kappa shape index (κ1) is 17.9. The summed E-state index contributed by atoms with van der Waals surface area (Å²) >= 11 is 11.3. The zero-order chi connectivity index (χ0) is 16.9. The van der Waals surface area contributed by atoms with Crippen LogP contribution in [0.15, 0.2) is 18.2 Å². The lowest BCUT2D eigenvalue weighted by molar-refractivity contribution is 0.112. The predicted molar refractivity (Wildman–Crippen MR) is 97.8 cm³/mol. The summed E-state index contributed by atoms with van der Waals surface area (Å²) in [5.41, 5.74) is 1.04. The van der Waals surface area contributed by atoms with Crippen LogP contribution in [0.3, 0.4) is 0 Å². The summed E-state index contributed by atoms with van der Waals surface area (Å²) < 4.78 is 18.8. The Balaban J connectivity index is 1.41. The van der Waals surface area contributed by atoms with E-state index in [1.165, 1.54) is 6.07 Å². The smallest absolute Gasteiger partial charge is 0.169 e. The number of nitrogens with one attached hydrogen (secondary N) is 1. The van der Waals surface area contributed by atoms with E-state index < -0.39 is 0 Å². The molecule has 2 fully saturated rings. The Morgan fingerprint density at radius 1 is 1.33 bits per heavy atom. The average Bonchev–Trinajstić information content (AvgIpc) is 3.10. The minimum atomic E-state index is -0.368. The highest BCUT2D eigenvalue weighted by molar-refractivity contribution is 7.80. The molecule has 0 spiro atoms. The number of hydrogen-bond donors (Lipinski definition) is 1. The van der Waals surface area contributed by atoms with E-state index in [-0.39, 0.29) is 10.8 Å². The van der Waals surface area contributed by atoms with Gasteiger partial charge in [-0.3, -0.25) is 4.90 Å². The maximum atomic E-state index is 13.2. The molecule has 2 aliphatic heterocycles. The van der Waals surface area contributed by atoms with Crippen LogP contribution in [0.2, 0.25) is 5.02 Å². The summed E-state index contributed by atoms with van der Waals surface area (Å²) in [6.07, 6.45) is 2.56. The van der Waals surface area contributed by atoms with Crippen LogP contribution in [0.4, 0.5) is 4.39 Å². The van der Waals surface area contributed by atoms with Gasteiger partial charge in [-0.25, -0.2) is 4.39 Å². The standard InChI is InChI=1S/C17H23ClFN3OS/c18-15-10-13(3-4-16(15)19)12-21-5-7-22(8-6-21)17(24)20-11-14-2-1-9-23-14/h3-4,10,14H,1-2,5-9,11-12H2,(H,20,24). The van der Waals surface area contributed by atoms with Crippen molar-refractivity contribution in [1.29, 1.82) is 0 Å². The highest BCUT2D eigenvalue weighted by atomic mass is 35.5. The van der Waals surface area contributed by atoms with Crippen molar-refractivity contribution < 1.29 is 9.13 Å². The molecule has 0 aromatic heterocycles. The molecule has 24 heavy (non-hydrogen) atoms. The fraction of sp³-hybridized carbons (Fsp3) is 0.588. The molecule has 1 aromatic carbocycles. The number of rotatable bonds is 4. The molecule has 0 bridgehead atoms. The number of nitrogens with zero attached hydrogens (tertiary/aromatic N) is 2. The molecule has 1 atom stereocenters. The monoisotopic (exact) mass is 371 g/mol. The van der Waals surface area contributed by atoms with Crippen molar-refractivity contribution in [2.45, 2.75) is 25.5 Å². The van der Waals surface area contributed by atoms with Crippen molar-refractivity contribution >= 4 is 28.9 Å². The van der Waals surface area contributed by atoms with Gasteiger partial charge in [0.1, 0.15) is 5.82 Å². The average molecular weight is 372 g/mol. The quantitative estimate of drug-likeness (QED) is 0.821. The predicted octanol–water partition coefficient (Wildman–Crippen LogP) is 2.65. The van der Waals surface area contributed by atoms with Crippen LogP contribution in [0.25, 0.3) is 0 Å². The van der Waals surface area contributed by atoms with Crippen molar-refractivity contribution in [3.8, 4) is 0 Å². The summed E-state index contributed by atoms with van der Waals surface area (Å²) in [4.78, 5) is 4.54. The highest BCUT2D eigenvalue weighted by Gasteiger charge is 2.21. The number of thiocarbonyl (C=S) groups is 1. The molecule has 2 saturated heterocycles. The fourth-order valence-corrected chi connectivity index (χ4v) is 3.59. The molecule has 132 valence electrons. The highest BCUT2D eigenvalue weighted by Crippen LogP contribution is 2.18. The van der Waals surface area contributed by atoms with Gasteiger partial charge >= 0.3 is 0 Å². The maximum Gasteiger partial charge on any atom is 0.169 e. The third-order valence-corrected chi connectivity index (χ3v) is 5.25. The molecule has 4 nitrogen and oxygen atoms in total. The molecular formula is C17H23ClFN3OS. The normalized spacial score (nSPS) is 21.9. The Morgan fingerprint density at radius 3 is 2.79 bits per heavy atom. The molecule has 0 amide bonds. The molecule has 0 saturated carbocycles. The summed E-state index contributed by atoms with van der Waals surface area (Å²) in [7, 11) is 0. The van der Waals surface area contributed by atoms with Gasteiger partial charge in [0.25, 0.3) is 0 Å². The number of ether oxygens (including phenoxy) is 1. The molecule has 1 unspecified atom stereocenters. The van der Waals surface area contributed by atoms with Gasteiger partial charge in [0.2, 0.25) is 0 Å². The largest absolute Gasteiger partial charge is 0.376 e. The van der Waals surface area contributed by atoms with E-state index in [0.29, 0.717) is 6.10 Å². The van der Waals surface area contributed by atoms with E-state index in [9.17, 15) is 4.39 Å². The van der Waals surface area contributed by atoms with Crippen LogP contribution in [-0.4, -0.2) is 60.3 Å². The Hall–Kier alpha value is -0.950. The number of halogens is 2. The molecule has 0 radical (unpaired) electrons. The minimum Gasteiger partial charge on any atom is -0.376 e. The van der Waals surface area contributed by atoms with E-state index in [4.69, 9.17) is 28.6 Å². The number of hydrogen-bond acceptors (Lipinski definition) is 3. The van der Waals surface area contributed by atoms with Crippen molar-refractivity contribution in [3.63, 3.8) is 0 Å². The third-order valence-electron chi connectivity index (χ3n) is 4.55. The van der Waals surface area contributed by atoms with Crippen LogP contribution >= 0.6 is 23.8 Å². The first-order valence-corrected chi connectivity index (χ1v) is 9.21. The molecule has 0 aliphatic carbocycles. The first-order valence-electron chi connectivity index (χ1n) is 8.42. The van der Waals surface area contributed by atoms with E-state index in [1.807, 2.05) is 0 Å². The lowest BCUT2D eigenvalue weighted by Crippen LogP contribution is -2.52. The minimum absolute atomic E-state index is 0.186. The van der Waals surface area contributed by atoms with Crippen molar-refractivity contribution in [2.24, 2.45) is 0 Å². The van der Waals surface area contributed by atoms with Gasteiger partial charge in [0.05, 0.1) is 11.1 Å². The summed E-state index contributed by atoms with van der Waals surface area (Å²) in [5, 5.41) is 4.33. The van der Waals surface area contributed by atoms with Crippen molar-refractivity contribution in [2.75, 3.05) is 39.3 Å². The molecule has 7 heteroatoms. The molecule has 2 heterocycles. The topological polar surface area (TPSA) is 27.7 Å². The van der Waals surface area contributed by atoms with Gasteiger partial charge < -0.3 is 15.0 Å². The zero-order valence-corrected chi connectivity index (χ0v) is 15.2. The van der Waals surface area contributed by atoms with Gasteiger partial charge in [-0.1, -0.05) is 17.7 Å². The van der Waals surface area contributed by atoms with Crippen LogP contribution in [0.5, 0.6) is 0 Å². The van der Waals surface area contributed by atoms with Crippen LogP contribution in [0.1, 0.15) is 18.4 Å². The van der Waals surface area contributed by atoms with E-state index >= 15 is 0 Å². The van der Waals surface area contributed by atoms with Gasteiger partial charge in [0.15, 0.2) is 5.11 Å². The zero-order valence-electron chi connectivity index (χ0n) is 13.6. The van der Waals surface area contributed by atoms with Crippen LogP contribution in [-0.2, 0) is 11.3 Å². The number of piperazine rings is 1. The fourth-order valence-electron chi connectivity index (χ4n) is 3.12. The van der Waals surface area contributed by atoms with Gasteiger partial charge in [-0.15, -0.1) is 0 Å². The lowest BCUT2D eigenvalue weighted by Gasteiger charge is -2.36. The van der Waals surface area contributed by atoms with E-state index in [2.05, 4.69) is 15.1 Å². The lowest BCUT2D eigenvalue weighted by atomic mass is 10.2. The van der Waals surface area contributed by atoms with E-state index in [0.717, 1.165) is 69.4 Å². The molecule has 2 aliphatic rings. The SMILES string of the molecule is Fc1ccc(CN2CCN(C(=S)NCC3CCCO3)CC2)cc1Cl. The van der Waals surface area contributed by atoms with Crippen LogP contribution < -0.4 is 5.32 Å². The van der Waals surface area contributed by atoms with E-state index in [1.54, 1.807) is 12.1 Å². The third kappa shape index (κ3) is 4.79. The summed E-state index contributed by atoms with van der Waals surface area (Å²) in [6, 6.07) is 4.93. The first-order chi connectivity index (χ1) is 11.6. The Kier molecular flexibility index (Phi) is 6.27. The second kappa shape index (κ2) is 8.43. The summed E-state index contributed by atoms with van der Waals surface area (Å²) in [5.74, 6) is -0.368. The Morgan fingerprint density at radius 2 is 2.12 bits per heavy atom. The number of benzene rings is 1. The molecule has 1 aromatic rings. The van der Waals surface area contributed by atoms with Gasteiger partial charge in [-0.05, 0) is 42.8 Å². The van der Waals surface area contributed by atoms with Crippen molar-refractivity contribution in [1.82, 2.24) is 15.1 Å².